The zero-order valence-electron chi connectivity index (χ0n) is 12.9. The van der Waals surface area contributed by atoms with Crippen LogP contribution in [0.25, 0.3) is 0 Å². The first-order valence-corrected chi connectivity index (χ1v) is 8.55. The van der Waals surface area contributed by atoms with Gasteiger partial charge in [0, 0.05) is 12.6 Å². The molecule has 1 aliphatic carbocycles. The topological polar surface area (TPSA) is 27.6 Å². The average Bonchev–Trinajstić information content (AvgIpc) is 2.93. The maximum Gasteiger partial charge on any atom is 0.195 e. The minimum Gasteiger partial charge on any atom is -0.351 e. The van der Waals surface area contributed by atoms with Gasteiger partial charge in [-0.15, -0.1) is 0 Å². The van der Waals surface area contributed by atoms with Crippen molar-refractivity contribution in [2.45, 2.75) is 63.6 Å². The number of fused-ring (bicyclic) bond motifs is 3. The van der Waals surface area contributed by atoms with Crippen molar-refractivity contribution in [2.75, 3.05) is 6.54 Å². The molecule has 3 unspecified atom stereocenters. The van der Waals surface area contributed by atoms with Gasteiger partial charge in [0.25, 0.3) is 0 Å². The van der Waals surface area contributed by atoms with Gasteiger partial charge in [-0.25, -0.2) is 0 Å². The molecule has 0 amide bonds. The summed E-state index contributed by atoms with van der Waals surface area (Å²) in [7, 11) is 0. The van der Waals surface area contributed by atoms with Gasteiger partial charge in [0.15, 0.2) is 5.96 Å². The summed E-state index contributed by atoms with van der Waals surface area (Å²) >= 11 is 0. The van der Waals surface area contributed by atoms with E-state index in [9.17, 15) is 0 Å². The zero-order chi connectivity index (χ0) is 14.2. The standard InChI is InChI=1S/C18H25N3/c1-2-13-7-9-14(10-8-13)16-11-12-19-18-20-15-5-3-4-6-17(15)21(16)18/h7-10,15-17H,2-6,11-12H2,1H3,(H,19,20). The lowest BCUT2D eigenvalue weighted by Crippen LogP contribution is -2.43. The van der Waals surface area contributed by atoms with E-state index in [4.69, 9.17) is 4.99 Å². The highest BCUT2D eigenvalue weighted by molar-refractivity contribution is 5.84. The van der Waals surface area contributed by atoms with Crippen LogP contribution in [-0.4, -0.2) is 29.5 Å². The third kappa shape index (κ3) is 2.23. The Labute approximate surface area is 127 Å². The Kier molecular flexibility index (Phi) is 3.36. The molecule has 1 N–H and O–H groups in total. The lowest BCUT2D eigenvalue weighted by atomic mass is 9.89. The molecule has 3 aliphatic rings. The van der Waals surface area contributed by atoms with Crippen LogP contribution in [0.15, 0.2) is 29.3 Å². The van der Waals surface area contributed by atoms with Crippen molar-refractivity contribution in [3.05, 3.63) is 35.4 Å². The predicted molar refractivity (Wildman–Crippen MR) is 86.5 cm³/mol. The van der Waals surface area contributed by atoms with Gasteiger partial charge in [0.05, 0.1) is 12.1 Å². The summed E-state index contributed by atoms with van der Waals surface area (Å²) in [5.41, 5.74) is 2.89. The lowest BCUT2D eigenvalue weighted by molar-refractivity contribution is 0.188. The smallest absolute Gasteiger partial charge is 0.195 e. The summed E-state index contributed by atoms with van der Waals surface area (Å²) in [4.78, 5) is 7.36. The molecule has 1 aromatic rings. The van der Waals surface area contributed by atoms with Gasteiger partial charge < -0.3 is 10.2 Å². The predicted octanol–water partition coefficient (Wildman–Crippen LogP) is 3.27. The Morgan fingerprint density at radius 3 is 2.76 bits per heavy atom. The summed E-state index contributed by atoms with van der Waals surface area (Å²) in [5.74, 6) is 1.17. The van der Waals surface area contributed by atoms with Crippen LogP contribution in [0.2, 0.25) is 0 Å². The number of rotatable bonds is 2. The molecule has 112 valence electrons. The van der Waals surface area contributed by atoms with Crippen LogP contribution in [0, 0.1) is 0 Å². The van der Waals surface area contributed by atoms with Gasteiger partial charge in [-0.1, -0.05) is 44.0 Å². The molecule has 4 rings (SSSR count). The number of guanidine groups is 1. The first-order valence-electron chi connectivity index (χ1n) is 8.55. The highest BCUT2D eigenvalue weighted by Crippen LogP contribution is 2.38. The van der Waals surface area contributed by atoms with Crippen LogP contribution in [0.1, 0.15) is 56.2 Å². The average molecular weight is 283 g/mol. The van der Waals surface area contributed by atoms with E-state index in [1.165, 1.54) is 42.8 Å². The molecule has 2 fully saturated rings. The third-order valence-electron chi connectivity index (χ3n) is 5.42. The molecule has 3 nitrogen and oxygen atoms in total. The van der Waals surface area contributed by atoms with Crippen LogP contribution in [-0.2, 0) is 6.42 Å². The second kappa shape index (κ2) is 5.36. The van der Waals surface area contributed by atoms with E-state index >= 15 is 0 Å². The summed E-state index contributed by atoms with van der Waals surface area (Å²) < 4.78 is 0. The molecule has 21 heavy (non-hydrogen) atoms. The largest absolute Gasteiger partial charge is 0.351 e. The van der Waals surface area contributed by atoms with Crippen LogP contribution in [0.3, 0.4) is 0 Å². The van der Waals surface area contributed by atoms with E-state index in [1.807, 2.05) is 0 Å². The van der Waals surface area contributed by atoms with Crippen molar-refractivity contribution in [2.24, 2.45) is 4.99 Å². The van der Waals surface area contributed by atoms with E-state index < -0.39 is 0 Å². The van der Waals surface area contributed by atoms with Crippen molar-refractivity contribution in [3.8, 4) is 0 Å². The molecule has 0 radical (unpaired) electrons. The van der Waals surface area contributed by atoms with E-state index in [-0.39, 0.29) is 0 Å². The van der Waals surface area contributed by atoms with Crippen LogP contribution in [0.4, 0.5) is 0 Å². The third-order valence-corrected chi connectivity index (χ3v) is 5.42. The number of aliphatic imine (C=N–C) groups is 1. The molecular weight excluding hydrogens is 258 g/mol. The molecule has 3 atom stereocenters. The summed E-state index contributed by atoms with van der Waals surface area (Å²) in [6, 6.07) is 11.1. The molecule has 2 heterocycles. The molecule has 0 aromatic heterocycles. The quantitative estimate of drug-likeness (QED) is 0.902. The summed E-state index contributed by atoms with van der Waals surface area (Å²) in [6.07, 6.45) is 7.63. The molecule has 1 saturated carbocycles. The van der Waals surface area contributed by atoms with Crippen LogP contribution >= 0.6 is 0 Å². The number of nitrogens with zero attached hydrogens (tertiary/aromatic N) is 2. The molecule has 1 aromatic carbocycles. The Morgan fingerprint density at radius 2 is 1.95 bits per heavy atom. The van der Waals surface area contributed by atoms with Gasteiger partial charge >= 0.3 is 0 Å². The normalized spacial score (nSPS) is 31.2. The molecule has 0 bridgehead atoms. The Bertz CT molecular complexity index is 534. The number of benzene rings is 1. The fraction of sp³-hybridized carbons (Fsp3) is 0.611. The Morgan fingerprint density at radius 1 is 1.14 bits per heavy atom. The van der Waals surface area contributed by atoms with Gasteiger partial charge in [-0.2, -0.15) is 0 Å². The van der Waals surface area contributed by atoms with Crippen molar-refractivity contribution in [1.29, 1.82) is 0 Å². The van der Waals surface area contributed by atoms with Crippen molar-refractivity contribution >= 4 is 5.96 Å². The molecule has 3 heteroatoms. The fourth-order valence-corrected chi connectivity index (χ4v) is 4.25. The second-order valence-electron chi connectivity index (χ2n) is 6.61. The molecule has 1 saturated heterocycles. The highest BCUT2D eigenvalue weighted by atomic mass is 15.4. The lowest BCUT2D eigenvalue weighted by Gasteiger charge is -2.38. The zero-order valence-corrected chi connectivity index (χ0v) is 12.9. The van der Waals surface area contributed by atoms with Crippen LogP contribution < -0.4 is 5.32 Å². The van der Waals surface area contributed by atoms with Gasteiger partial charge in [-0.05, 0) is 36.8 Å². The Balaban J connectivity index is 1.64. The second-order valence-corrected chi connectivity index (χ2v) is 6.61. The Hall–Kier alpha value is -1.51. The van der Waals surface area contributed by atoms with Crippen LogP contribution in [0.5, 0.6) is 0 Å². The summed E-state index contributed by atoms with van der Waals surface area (Å²) in [5, 5.41) is 3.69. The van der Waals surface area contributed by atoms with E-state index in [2.05, 4.69) is 41.4 Å². The van der Waals surface area contributed by atoms with E-state index in [0.29, 0.717) is 18.1 Å². The number of aryl methyl sites for hydroxylation is 1. The fourth-order valence-electron chi connectivity index (χ4n) is 4.25. The SMILES string of the molecule is CCc1ccc(C2CCN=C3NC4CCCCC4N32)cc1. The first kappa shape index (κ1) is 13.2. The van der Waals surface area contributed by atoms with Crippen molar-refractivity contribution in [3.63, 3.8) is 0 Å². The van der Waals surface area contributed by atoms with Gasteiger partial charge in [0.1, 0.15) is 0 Å². The molecular formula is C18H25N3. The first-order chi connectivity index (χ1) is 10.4. The highest BCUT2D eigenvalue weighted by Gasteiger charge is 2.43. The minimum absolute atomic E-state index is 0.518. The number of hydrogen-bond donors (Lipinski definition) is 1. The van der Waals surface area contributed by atoms with Gasteiger partial charge in [0.2, 0.25) is 0 Å². The number of nitrogens with one attached hydrogen (secondary N) is 1. The van der Waals surface area contributed by atoms with Crippen molar-refractivity contribution < 1.29 is 0 Å². The minimum atomic E-state index is 0.518. The maximum atomic E-state index is 4.76. The maximum absolute atomic E-state index is 4.76. The van der Waals surface area contributed by atoms with E-state index in [1.54, 1.807) is 0 Å². The molecule has 0 spiro atoms. The summed E-state index contributed by atoms with van der Waals surface area (Å²) in [6.45, 7) is 3.18. The monoisotopic (exact) mass is 283 g/mol. The number of hydrogen-bond acceptors (Lipinski definition) is 3. The van der Waals surface area contributed by atoms with Crippen molar-refractivity contribution in [1.82, 2.24) is 10.2 Å². The molecule has 2 aliphatic heterocycles. The van der Waals surface area contributed by atoms with Gasteiger partial charge in [-0.3, -0.25) is 4.99 Å². The van der Waals surface area contributed by atoms with E-state index in [0.717, 1.165) is 19.4 Å².